The molecule has 0 bridgehead atoms. The second-order valence-corrected chi connectivity index (χ2v) is 6.04. The molecule has 0 aliphatic carbocycles. The van der Waals surface area contributed by atoms with E-state index in [0.29, 0.717) is 32.1 Å². The summed E-state index contributed by atoms with van der Waals surface area (Å²) in [7, 11) is 1.87. The lowest BCUT2D eigenvalue weighted by Gasteiger charge is -2.25. The number of nitrogens with zero attached hydrogens (tertiary/aromatic N) is 6. The highest BCUT2D eigenvalue weighted by atomic mass is 127. The van der Waals surface area contributed by atoms with Crippen molar-refractivity contribution in [2.24, 2.45) is 4.99 Å². The number of para-hydroxylation sites is 1. The van der Waals surface area contributed by atoms with Gasteiger partial charge in [0.25, 0.3) is 0 Å². The minimum absolute atomic E-state index is 0. The van der Waals surface area contributed by atoms with E-state index in [1.165, 1.54) is 0 Å². The van der Waals surface area contributed by atoms with Crippen LogP contribution in [-0.2, 0) is 11.3 Å². The monoisotopic (exact) mass is 499 g/mol. The summed E-state index contributed by atoms with van der Waals surface area (Å²) < 4.78 is 1.91. The first-order chi connectivity index (χ1) is 13.1. The van der Waals surface area contributed by atoms with Gasteiger partial charge in [-0.05, 0) is 32.9 Å². The molecule has 1 heterocycles. The van der Waals surface area contributed by atoms with Crippen LogP contribution in [0.25, 0.3) is 5.69 Å². The summed E-state index contributed by atoms with van der Waals surface area (Å²) in [5.74, 6) is 1.49. The van der Waals surface area contributed by atoms with Crippen LogP contribution in [-0.4, -0.2) is 69.7 Å². The number of aromatic nitrogens is 3. The standard InChI is InChI=1S/C19H29N7O.HI/c1-5-20-19(24(4)14-18(27)25(6-2)7-3)21-13-17-23-22-15-26(17)16-11-9-8-10-12-16;/h8-12,15H,5-7,13-14H2,1-4H3,(H,20,21);1H. The molecule has 0 atom stereocenters. The lowest BCUT2D eigenvalue weighted by atomic mass is 10.3. The third kappa shape index (κ3) is 6.47. The molecule has 8 nitrogen and oxygen atoms in total. The van der Waals surface area contributed by atoms with E-state index < -0.39 is 0 Å². The Kier molecular flexibility index (Phi) is 10.5. The number of hydrogen-bond donors (Lipinski definition) is 1. The number of halogens is 1. The van der Waals surface area contributed by atoms with Crippen molar-refractivity contribution >= 4 is 35.8 Å². The highest BCUT2D eigenvalue weighted by Gasteiger charge is 2.15. The fourth-order valence-electron chi connectivity index (χ4n) is 2.74. The van der Waals surface area contributed by atoms with E-state index in [1.807, 2.05) is 72.5 Å². The predicted octanol–water partition coefficient (Wildman–Crippen LogP) is 2.15. The Morgan fingerprint density at radius 2 is 1.86 bits per heavy atom. The van der Waals surface area contributed by atoms with E-state index in [2.05, 4.69) is 20.5 Å². The van der Waals surface area contributed by atoms with Gasteiger partial charge in [-0.3, -0.25) is 9.36 Å². The van der Waals surface area contributed by atoms with Crippen LogP contribution in [0, 0.1) is 0 Å². The molecule has 0 saturated carbocycles. The second kappa shape index (κ2) is 12.3. The summed E-state index contributed by atoms with van der Waals surface area (Å²) in [4.78, 5) is 20.7. The summed E-state index contributed by atoms with van der Waals surface area (Å²) in [6, 6.07) is 9.90. The SMILES string of the molecule is CCNC(=NCc1nncn1-c1ccccc1)N(C)CC(=O)N(CC)CC.I. The first kappa shape index (κ1) is 23.9. The topological polar surface area (TPSA) is 78.6 Å². The quantitative estimate of drug-likeness (QED) is 0.342. The van der Waals surface area contributed by atoms with Gasteiger partial charge < -0.3 is 15.1 Å². The van der Waals surface area contributed by atoms with E-state index in [-0.39, 0.29) is 36.4 Å². The van der Waals surface area contributed by atoms with Crippen molar-refractivity contribution in [3.63, 3.8) is 0 Å². The number of hydrogen-bond acceptors (Lipinski definition) is 4. The van der Waals surface area contributed by atoms with Crippen molar-refractivity contribution in [1.29, 1.82) is 0 Å². The number of aliphatic imine (C=N–C) groups is 1. The van der Waals surface area contributed by atoms with Crippen molar-refractivity contribution < 1.29 is 4.79 Å². The maximum atomic E-state index is 12.4. The number of amides is 1. The first-order valence-electron chi connectivity index (χ1n) is 9.32. The smallest absolute Gasteiger partial charge is 0.242 e. The molecule has 1 amide bonds. The van der Waals surface area contributed by atoms with Gasteiger partial charge in [0.15, 0.2) is 11.8 Å². The molecule has 2 aromatic rings. The highest BCUT2D eigenvalue weighted by Crippen LogP contribution is 2.09. The lowest BCUT2D eigenvalue weighted by Crippen LogP contribution is -2.45. The van der Waals surface area contributed by atoms with Crippen LogP contribution in [0.1, 0.15) is 26.6 Å². The Labute approximate surface area is 184 Å². The van der Waals surface area contributed by atoms with Crippen LogP contribution in [0.4, 0.5) is 0 Å². The van der Waals surface area contributed by atoms with Gasteiger partial charge in [-0.15, -0.1) is 34.2 Å². The Balaban J connectivity index is 0.00000392. The number of carbonyl (C=O) groups is 1. The highest BCUT2D eigenvalue weighted by molar-refractivity contribution is 14.0. The average Bonchev–Trinajstić information content (AvgIpc) is 3.15. The third-order valence-electron chi connectivity index (χ3n) is 4.21. The van der Waals surface area contributed by atoms with Crippen LogP contribution >= 0.6 is 24.0 Å². The molecule has 0 aliphatic rings. The second-order valence-electron chi connectivity index (χ2n) is 6.04. The van der Waals surface area contributed by atoms with Crippen LogP contribution in [0.15, 0.2) is 41.7 Å². The number of likely N-dealkylation sites (N-methyl/N-ethyl adjacent to an activating group) is 2. The average molecular weight is 499 g/mol. The minimum Gasteiger partial charge on any atom is -0.357 e. The molecular formula is C19H30IN7O. The molecule has 1 aromatic carbocycles. The fourth-order valence-corrected chi connectivity index (χ4v) is 2.74. The number of nitrogens with one attached hydrogen (secondary N) is 1. The molecule has 0 unspecified atom stereocenters. The molecule has 1 N–H and O–H groups in total. The van der Waals surface area contributed by atoms with E-state index >= 15 is 0 Å². The number of benzene rings is 1. The van der Waals surface area contributed by atoms with Crippen LogP contribution in [0.5, 0.6) is 0 Å². The maximum Gasteiger partial charge on any atom is 0.242 e. The molecule has 2 rings (SSSR count). The van der Waals surface area contributed by atoms with Gasteiger partial charge in [-0.25, -0.2) is 4.99 Å². The van der Waals surface area contributed by atoms with E-state index in [4.69, 9.17) is 0 Å². The van der Waals surface area contributed by atoms with Crippen molar-refractivity contribution in [3.8, 4) is 5.69 Å². The van der Waals surface area contributed by atoms with E-state index in [0.717, 1.165) is 11.5 Å². The van der Waals surface area contributed by atoms with E-state index in [9.17, 15) is 4.79 Å². The molecule has 1 aromatic heterocycles. The van der Waals surface area contributed by atoms with Gasteiger partial charge in [-0.2, -0.15) is 0 Å². The molecule has 0 saturated heterocycles. The Bertz CT molecular complexity index is 744. The molecular weight excluding hydrogens is 469 g/mol. The Morgan fingerprint density at radius 1 is 1.18 bits per heavy atom. The van der Waals surface area contributed by atoms with Gasteiger partial charge in [0.2, 0.25) is 5.91 Å². The van der Waals surface area contributed by atoms with Crippen molar-refractivity contribution in [1.82, 2.24) is 29.9 Å². The third-order valence-corrected chi connectivity index (χ3v) is 4.21. The van der Waals surface area contributed by atoms with Gasteiger partial charge in [0.1, 0.15) is 12.9 Å². The Hall–Kier alpha value is -2.17. The molecule has 0 spiro atoms. The molecule has 0 radical (unpaired) electrons. The zero-order chi connectivity index (χ0) is 19.6. The van der Waals surface area contributed by atoms with Gasteiger partial charge in [-0.1, -0.05) is 18.2 Å². The molecule has 28 heavy (non-hydrogen) atoms. The van der Waals surface area contributed by atoms with Crippen molar-refractivity contribution in [2.75, 3.05) is 33.2 Å². The summed E-state index contributed by atoms with van der Waals surface area (Å²) in [6.45, 7) is 8.73. The molecule has 154 valence electrons. The first-order valence-corrected chi connectivity index (χ1v) is 9.32. The largest absolute Gasteiger partial charge is 0.357 e. The summed E-state index contributed by atoms with van der Waals surface area (Å²) in [5, 5.41) is 11.4. The number of guanidine groups is 1. The molecule has 0 aliphatic heterocycles. The van der Waals surface area contributed by atoms with Crippen molar-refractivity contribution in [3.05, 3.63) is 42.5 Å². The summed E-state index contributed by atoms with van der Waals surface area (Å²) in [6.07, 6.45) is 1.68. The fraction of sp³-hybridized carbons (Fsp3) is 0.474. The van der Waals surface area contributed by atoms with Crippen LogP contribution < -0.4 is 5.32 Å². The van der Waals surface area contributed by atoms with Gasteiger partial charge in [0.05, 0.1) is 6.54 Å². The minimum atomic E-state index is 0. The maximum absolute atomic E-state index is 12.4. The number of rotatable bonds is 8. The van der Waals surface area contributed by atoms with Crippen molar-refractivity contribution in [2.45, 2.75) is 27.3 Å². The lowest BCUT2D eigenvalue weighted by molar-refractivity contribution is -0.131. The molecule has 0 fully saturated rings. The molecule has 9 heteroatoms. The summed E-state index contributed by atoms with van der Waals surface area (Å²) >= 11 is 0. The van der Waals surface area contributed by atoms with Crippen LogP contribution in [0.3, 0.4) is 0 Å². The Morgan fingerprint density at radius 3 is 2.46 bits per heavy atom. The van der Waals surface area contributed by atoms with E-state index in [1.54, 1.807) is 6.33 Å². The normalized spacial score (nSPS) is 10.9. The summed E-state index contributed by atoms with van der Waals surface area (Å²) in [5.41, 5.74) is 0.989. The zero-order valence-electron chi connectivity index (χ0n) is 17.0. The van der Waals surface area contributed by atoms with Gasteiger partial charge in [0, 0.05) is 32.4 Å². The van der Waals surface area contributed by atoms with Gasteiger partial charge >= 0.3 is 0 Å². The van der Waals surface area contributed by atoms with Crippen LogP contribution in [0.2, 0.25) is 0 Å². The zero-order valence-corrected chi connectivity index (χ0v) is 19.3. The predicted molar refractivity (Wildman–Crippen MR) is 122 cm³/mol. The number of carbonyl (C=O) groups excluding carboxylic acids is 1.